The maximum atomic E-state index is 12.7. The van der Waals surface area contributed by atoms with E-state index in [1.165, 1.54) is 20.2 Å². The van der Waals surface area contributed by atoms with Gasteiger partial charge in [-0.1, -0.05) is 24.3 Å². The van der Waals surface area contributed by atoms with Crippen molar-refractivity contribution in [3.63, 3.8) is 0 Å². The van der Waals surface area contributed by atoms with Gasteiger partial charge in [0.2, 0.25) is 10.0 Å². The van der Waals surface area contributed by atoms with Crippen LogP contribution in [0.15, 0.2) is 41.3 Å². The second-order valence-electron chi connectivity index (χ2n) is 6.76. The van der Waals surface area contributed by atoms with Crippen molar-refractivity contribution in [1.82, 2.24) is 9.62 Å². The molecule has 1 amide bonds. The lowest BCUT2D eigenvalue weighted by molar-refractivity contribution is 0.0939. The van der Waals surface area contributed by atoms with E-state index in [0.29, 0.717) is 11.1 Å². The van der Waals surface area contributed by atoms with Gasteiger partial charge in [-0.15, -0.1) is 0 Å². The molecular formula is C20H26N2O3S. The second kappa shape index (κ2) is 7.60. The van der Waals surface area contributed by atoms with Gasteiger partial charge in [0.05, 0.1) is 10.9 Å². The summed E-state index contributed by atoms with van der Waals surface area (Å²) in [7, 11) is -0.654. The number of sulfonamides is 1. The van der Waals surface area contributed by atoms with Crippen LogP contribution in [0.2, 0.25) is 0 Å². The van der Waals surface area contributed by atoms with Gasteiger partial charge in [-0.25, -0.2) is 12.7 Å². The summed E-state index contributed by atoms with van der Waals surface area (Å²) >= 11 is 0. The number of rotatable bonds is 5. The maximum Gasteiger partial charge on any atom is 0.251 e. The molecule has 0 saturated heterocycles. The van der Waals surface area contributed by atoms with Crippen LogP contribution in [-0.4, -0.2) is 32.7 Å². The minimum Gasteiger partial charge on any atom is -0.346 e. The van der Waals surface area contributed by atoms with Crippen molar-refractivity contribution in [1.29, 1.82) is 0 Å². The predicted octanol–water partition coefficient (Wildman–Crippen LogP) is 3.35. The molecule has 0 radical (unpaired) electrons. The summed E-state index contributed by atoms with van der Waals surface area (Å²) in [6, 6.07) is 10.9. The highest BCUT2D eigenvalue weighted by Gasteiger charge is 2.23. The van der Waals surface area contributed by atoms with Gasteiger partial charge in [-0.3, -0.25) is 4.79 Å². The normalized spacial score (nSPS) is 12.9. The number of amides is 1. The fourth-order valence-electron chi connectivity index (χ4n) is 2.85. The number of benzene rings is 2. The highest BCUT2D eigenvalue weighted by Crippen LogP contribution is 2.24. The molecule has 0 heterocycles. The Bertz CT molecular complexity index is 934. The van der Waals surface area contributed by atoms with E-state index in [9.17, 15) is 13.2 Å². The minimum atomic E-state index is -3.62. The number of carbonyl (C=O) groups is 1. The van der Waals surface area contributed by atoms with E-state index in [4.69, 9.17) is 0 Å². The van der Waals surface area contributed by atoms with Crippen LogP contribution in [0, 0.1) is 20.8 Å². The van der Waals surface area contributed by atoms with Crippen molar-refractivity contribution in [2.24, 2.45) is 0 Å². The van der Waals surface area contributed by atoms with Crippen LogP contribution in [0.5, 0.6) is 0 Å². The molecule has 140 valence electrons. The monoisotopic (exact) mass is 374 g/mol. The molecule has 0 aliphatic heterocycles. The Kier molecular flexibility index (Phi) is 5.88. The van der Waals surface area contributed by atoms with Crippen molar-refractivity contribution in [3.8, 4) is 0 Å². The van der Waals surface area contributed by atoms with Gasteiger partial charge in [0.1, 0.15) is 0 Å². The van der Waals surface area contributed by atoms with Crippen LogP contribution >= 0.6 is 0 Å². The molecule has 26 heavy (non-hydrogen) atoms. The van der Waals surface area contributed by atoms with Gasteiger partial charge in [-0.05, 0) is 62.1 Å². The van der Waals surface area contributed by atoms with E-state index >= 15 is 0 Å². The molecule has 5 nitrogen and oxygen atoms in total. The summed E-state index contributed by atoms with van der Waals surface area (Å²) in [5.74, 6) is -0.293. The van der Waals surface area contributed by atoms with Gasteiger partial charge >= 0.3 is 0 Å². The number of aryl methyl sites for hydroxylation is 2. The van der Waals surface area contributed by atoms with E-state index in [2.05, 4.69) is 5.32 Å². The molecule has 6 heteroatoms. The predicted molar refractivity (Wildman–Crippen MR) is 104 cm³/mol. The van der Waals surface area contributed by atoms with Crippen LogP contribution < -0.4 is 5.32 Å². The standard InChI is InChI=1S/C20H26N2O3S/c1-13-9-7-8-10-18(13)16(4)21-20(23)17-11-14(2)15(3)19(12-17)26(24,25)22(5)6/h7-12,16H,1-6H3,(H,21,23)/t16-/m1/s1. The van der Waals surface area contributed by atoms with Gasteiger partial charge in [-0.2, -0.15) is 0 Å². The molecule has 0 spiro atoms. The fraction of sp³-hybridized carbons (Fsp3) is 0.350. The largest absolute Gasteiger partial charge is 0.346 e. The summed E-state index contributed by atoms with van der Waals surface area (Å²) in [4.78, 5) is 12.9. The van der Waals surface area contributed by atoms with Crippen LogP contribution in [0.3, 0.4) is 0 Å². The number of carbonyl (C=O) groups excluding carboxylic acids is 1. The third kappa shape index (κ3) is 3.97. The topological polar surface area (TPSA) is 66.5 Å². The summed E-state index contributed by atoms with van der Waals surface area (Å²) in [6.07, 6.45) is 0. The van der Waals surface area contributed by atoms with Crippen LogP contribution in [0.4, 0.5) is 0 Å². The first kappa shape index (κ1) is 20.1. The van der Waals surface area contributed by atoms with Crippen LogP contribution in [-0.2, 0) is 10.0 Å². The van der Waals surface area contributed by atoms with Crippen molar-refractivity contribution in [2.75, 3.05) is 14.1 Å². The summed E-state index contributed by atoms with van der Waals surface area (Å²) in [5, 5.41) is 2.96. The summed E-state index contributed by atoms with van der Waals surface area (Å²) < 4.78 is 26.3. The first-order valence-corrected chi connectivity index (χ1v) is 9.90. The van der Waals surface area contributed by atoms with Crippen LogP contribution in [0.25, 0.3) is 0 Å². The first-order chi connectivity index (χ1) is 12.1. The molecule has 0 aliphatic carbocycles. The number of nitrogens with zero attached hydrogens (tertiary/aromatic N) is 1. The quantitative estimate of drug-likeness (QED) is 0.873. The molecule has 1 atom stereocenters. The lowest BCUT2D eigenvalue weighted by Crippen LogP contribution is -2.28. The SMILES string of the molecule is Cc1ccccc1[C@@H](C)NC(=O)c1cc(C)c(C)c(S(=O)(=O)N(C)C)c1. The minimum absolute atomic E-state index is 0.163. The molecule has 2 rings (SSSR count). The summed E-state index contributed by atoms with van der Waals surface area (Å²) in [5.41, 5.74) is 3.89. The van der Waals surface area contributed by atoms with Crippen molar-refractivity contribution >= 4 is 15.9 Å². The average Bonchev–Trinajstić information content (AvgIpc) is 2.56. The molecule has 0 aromatic heterocycles. The van der Waals surface area contributed by atoms with Crippen molar-refractivity contribution in [2.45, 2.75) is 38.6 Å². The third-order valence-electron chi connectivity index (χ3n) is 4.64. The van der Waals surface area contributed by atoms with E-state index in [0.717, 1.165) is 21.0 Å². The van der Waals surface area contributed by atoms with Gasteiger partial charge in [0.15, 0.2) is 0 Å². The molecule has 0 bridgehead atoms. The van der Waals surface area contributed by atoms with Crippen LogP contribution in [0.1, 0.15) is 45.6 Å². The number of nitrogens with one attached hydrogen (secondary N) is 1. The number of hydrogen-bond donors (Lipinski definition) is 1. The van der Waals surface area contributed by atoms with Crippen molar-refractivity contribution in [3.05, 3.63) is 64.2 Å². The second-order valence-corrected chi connectivity index (χ2v) is 8.88. The Labute approximate surface area is 156 Å². The molecule has 0 fully saturated rings. The Morgan fingerprint density at radius 3 is 2.23 bits per heavy atom. The van der Waals surface area contributed by atoms with Gasteiger partial charge < -0.3 is 5.32 Å². The Morgan fingerprint density at radius 2 is 1.65 bits per heavy atom. The molecule has 2 aromatic rings. The fourth-order valence-corrected chi connectivity index (χ4v) is 4.07. The summed E-state index contributed by atoms with van der Waals surface area (Å²) in [6.45, 7) is 7.48. The first-order valence-electron chi connectivity index (χ1n) is 8.46. The zero-order valence-electron chi connectivity index (χ0n) is 16.1. The molecular weight excluding hydrogens is 348 g/mol. The van der Waals surface area contributed by atoms with Crippen molar-refractivity contribution < 1.29 is 13.2 Å². The number of hydrogen-bond acceptors (Lipinski definition) is 3. The van der Waals surface area contributed by atoms with Gasteiger partial charge in [0, 0.05) is 19.7 Å². The zero-order valence-corrected chi connectivity index (χ0v) is 16.9. The molecule has 0 aliphatic rings. The highest BCUT2D eigenvalue weighted by molar-refractivity contribution is 7.89. The molecule has 0 saturated carbocycles. The Morgan fingerprint density at radius 1 is 1.04 bits per heavy atom. The van der Waals surface area contributed by atoms with E-state index in [1.807, 2.05) is 45.0 Å². The Hall–Kier alpha value is -2.18. The zero-order chi connectivity index (χ0) is 19.6. The molecule has 0 unspecified atom stereocenters. The Balaban J connectivity index is 2.38. The van der Waals surface area contributed by atoms with E-state index in [-0.39, 0.29) is 16.8 Å². The highest BCUT2D eigenvalue weighted by atomic mass is 32.2. The third-order valence-corrected chi connectivity index (χ3v) is 6.58. The van der Waals surface area contributed by atoms with Gasteiger partial charge in [0.25, 0.3) is 5.91 Å². The van der Waals surface area contributed by atoms with E-state index in [1.54, 1.807) is 13.0 Å². The smallest absolute Gasteiger partial charge is 0.251 e. The molecule has 1 N–H and O–H groups in total. The lowest BCUT2D eigenvalue weighted by Gasteiger charge is -2.19. The van der Waals surface area contributed by atoms with E-state index < -0.39 is 10.0 Å². The lowest BCUT2D eigenvalue weighted by atomic mass is 10.0. The maximum absolute atomic E-state index is 12.7. The molecule has 2 aromatic carbocycles. The average molecular weight is 375 g/mol.